The number of Topliss-reactive ketones (excluding diaryl/α,β-unsaturated/α-hetero) is 1. The summed E-state index contributed by atoms with van der Waals surface area (Å²) in [5.41, 5.74) is 21.7. The first kappa shape index (κ1) is 38.6. The summed E-state index contributed by atoms with van der Waals surface area (Å²) < 4.78 is 0. The summed E-state index contributed by atoms with van der Waals surface area (Å²) in [5, 5.41) is 16.8. The van der Waals surface area contributed by atoms with E-state index in [-0.39, 0.29) is 11.7 Å². The molecule has 8 nitrogen and oxygen atoms in total. The van der Waals surface area contributed by atoms with Gasteiger partial charge in [0.25, 0.3) is 0 Å². The molecular weight excluding hydrogens is 739 g/mol. The Hall–Kier alpha value is -6.14. The number of carbonyl (C=O) groups is 1. The van der Waals surface area contributed by atoms with Gasteiger partial charge in [0.05, 0.1) is 26.9 Å². The minimum Gasteiger partial charge on any atom is -0.389 e. The Morgan fingerprint density at radius 1 is 0.564 bits per heavy atom. The third kappa shape index (κ3) is 9.51. The van der Waals surface area contributed by atoms with Gasteiger partial charge < -0.3 is 17.2 Å². The average molecular weight is 778 g/mol. The largest absolute Gasteiger partial charge is 0.389 e. The molecule has 0 amide bonds. The topological polar surface area (TPSA) is 146 Å². The molecule has 6 N–H and O–H groups in total. The molecule has 8 aromatic rings. The predicted molar refractivity (Wildman–Crippen MR) is 237 cm³/mol. The number of rotatable bonds is 6. The fourth-order valence-corrected chi connectivity index (χ4v) is 7.95. The lowest BCUT2D eigenvalue weighted by atomic mass is 10.1. The minimum absolute atomic E-state index is 0.0544. The first-order valence-electron chi connectivity index (χ1n) is 17.3. The lowest BCUT2D eigenvalue weighted by Gasteiger charge is -2.00. The second kappa shape index (κ2) is 17.3. The number of fused-ring (bicyclic) bond motifs is 3. The van der Waals surface area contributed by atoms with Crippen LogP contribution in [0.25, 0.3) is 53.5 Å². The number of nitrogens with zero attached hydrogens (tertiary/aromatic N) is 4. The van der Waals surface area contributed by atoms with Crippen LogP contribution in [0.15, 0.2) is 138 Å². The van der Waals surface area contributed by atoms with E-state index in [0.29, 0.717) is 4.99 Å². The molecule has 0 fully saturated rings. The summed E-state index contributed by atoms with van der Waals surface area (Å²) >= 11 is 7.96. The van der Waals surface area contributed by atoms with Crippen LogP contribution in [0.2, 0.25) is 0 Å². The van der Waals surface area contributed by atoms with Crippen LogP contribution in [0, 0.1) is 13.8 Å². The normalized spacial score (nSPS) is 11.0. The number of ketones is 1. The van der Waals surface area contributed by atoms with Gasteiger partial charge in [0, 0.05) is 23.6 Å². The number of guanidine groups is 1. The van der Waals surface area contributed by atoms with Crippen LogP contribution >= 0.6 is 34.9 Å². The summed E-state index contributed by atoms with van der Waals surface area (Å²) in [6, 6.07) is 43.3. The van der Waals surface area contributed by atoms with Gasteiger partial charge in [0.1, 0.15) is 15.0 Å². The number of hydrogen-bond acceptors (Lipinski definition) is 8. The number of aromatic nitrogens is 2. The standard InChI is InChI=1S/C17H17N5S.C16H13NOS.C11H9NS/c1-10-15(11(2)21-22-17(18)19)23-16(20-10)14-8-7-12-5-3-4-6-13(12)9-14;1-10-15(11(2)18)19-16(17-10)14-8-7-12-5-3-4-6-13(12)9-14;12-11(13)10-6-5-8-3-1-2-4-9(8)7-10/h3-9H,1-2H3,(H4,18,19,22);3-9H,1-2H3;1-7H,(H2,12,13)/b21-11+;;. The van der Waals surface area contributed by atoms with E-state index in [9.17, 15) is 4.79 Å². The van der Waals surface area contributed by atoms with Crippen LogP contribution in [-0.2, 0) is 0 Å². The maximum Gasteiger partial charge on any atom is 0.211 e. The Labute approximate surface area is 333 Å². The average Bonchev–Trinajstić information content (AvgIpc) is 3.79. The van der Waals surface area contributed by atoms with Gasteiger partial charge in [0.2, 0.25) is 5.96 Å². The van der Waals surface area contributed by atoms with Crippen LogP contribution in [-0.4, -0.2) is 32.4 Å². The van der Waals surface area contributed by atoms with Crippen molar-refractivity contribution in [3.05, 3.63) is 154 Å². The molecule has 11 heteroatoms. The molecule has 0 unspecified atom stereocenters. The van der Waals surface area contributed by atoms with Gasteiger partial charge in [-0.05, 0) is 71.3 Å². The lowest BCUT2D eigenvalue weighted by Crippen LogP contribution is -2.22. The molecule has 6 aromatic carbocycles. The zero-order valence-corrected chi connectivity index (χ0v) is 33.2. The van der Waals surface area contributed by atoms with E-state index in [0.717, 1.165) is 53.6 Å². The smallest absolute Gasteiger partial charge is 0.211 e. The number of aryl methyl sites for hydroxylation is 2. The summed E-state index contributed by atoms with van der Waals surface area (Å²) in [7, 11) is 0. The van der Waals surface area contributed by atoms with Gasteiger partial charge in [-0.15, -0.1) is 27.8 Å². The summed E-state index contributed by atoms with van der Waals surface area (Å²) in [4.78, 5) is 22.8. The fraction of sp³-hybridized carbons (Fsp3) is 0.0909. The van der Waals surface area contributed by atoms with Crippen molar-refractivity contribution in [1.29, 1.82) is 0 Å². The molecule has 0 radical (unpaired) electrons. The highest BCUT2D eigenvalue weighted by Crippen LogP contribution is 2.32. The Bertz CT molecular complexity index is 2740. The molecule has 2 aromatic heterocycles. The first-order valence-corrected chi connectivity index (χ1v) is 19.4. The maximum absolute atomic E-state index is 11.5. The van der Waals surface area contributed by atoms with Crippen molar-refractivity contribution in [2.45, 2.75) is 27.7 Å². The maximum atomic E-state index is 11.5. The van der Waals surface area contributed by atoms with Crippen LogP contribution in [0.3, 0.4) is 0 Å². The minimum atomic E-state index is -0.0544. The van der Waals surface area contributed by atoms with Gasteiger partial charge >= 0.3 is 0 Å². The predicted octanol–water partition coefficient (Wildman–Crippen LogP) is 10.2. The summed E-state index contributed by atoms with van der Waals surface area (Å²) in [6.07, 6.45) is 0. The van der Waals surface area contributed by atoms with Crippen LogP contribution < -0.4 is 17.2 Å². The first-order chi connectivity index (χ1) is 26.5. The van der Waals surface area contributed by atoms with Gasteiger partial charge in [0.15, 0.2) is 5.78 Å². The van der Waals surface area contributed by atoms with E-state index in [1.807, 2.05) is 75.4 Å². The molecule has 0 bridgehead atoms. The lowest BCUT2D eigenvalue weighted by molar-refractivity contribution is 0.102. The quantitative estimate of drug-likeness (QED) is 0.0501. The second-order valence-corrected chi connectivity index (χ2v) is 15.1. The molecule has 0 aliphatic carbocycles. The van der Waals surface area contributed by atoms with Crippen molar-refractivity contribution < 1.29 is 4.79 Å². The van der Waals surface area contributed by atoms with Gasteiger partial charge in [-0.1, -0.05) is 121 Å². The Morgan fingerprint density at radius 3 is 1.42 bits per heavy atom. The molecular formula is C44H39N7OS3. The highest BCUT2D eigenvalue weighted by atomic mass is 32.1. The van der Waals surface area contributed by atoms with E-state index in [1.54, 1.807) is 18.3 Å². The number of thiazole rings is 2. The number of carbonyl (C=O) groups excluding carboxylic acids is 1. The van der Waals surface area contributed by atoms with Crippen molar-refractivity contribution in [3.8, 4) is 21.1 Å². The third-order valence-corrected chi connectivity index (χ3v) is 11.4. The van der Waals surface area contributed by atoms with E-state index >= 15 is 0 Å². The van der Waals surface area contributed by atoms with Crippen LogP contribution in [0.1, 0.15) is 45.3 Å². The number of nitrogens with two attached hydrogens (primary N) is 3. The number of thiocarbonyl (C=S) groups is 1. The molecule has 0 aliphatic heterocycles. The van der Waals surface area contributed by atoms with E-state index in [2.05, 4.69) is 93.0 Å². The van der Waals surface area contributed by atoms with E-state index in [1.165, 1.54) is 43.7 Å². The van der Waals surface area contributed by atoms with Crippen LogP contribution in [0.5, 0.6) is 0 Å². The van der Waals surface area contributed by atoms with Crippen molar-refractivity contribution in [1.82, 2.24) is 9.97 Å². The molecule has 0 spiro atoms. The SMILES string of the molecule is C/C(=N\N=C(N)N)c1sc(-c2ccc3ccccc3c2)nc1C.CC(=O)c1sc(-c2ccc3ccccc3c2)nc1C.NC(=S)c1ccc2ccccc2c1. The zero-order valence-electron chi connectivity index (χ0n) is 30.8. The van der Waals surface area contributed by atoms with E-state index in [4.69, 9.17) is 29.4 Å². The monoisotopic (exact) mass is 777 g/mol. The molecule has 0 aliphatic rings. The molecule has 274 valence electrons. The van der Waals surface area contributed by atoms with Gasteiger partial charge in [-0.3, -0.25) is 4.79 Å². The Kier molecular flexibility index (Phi) is 12.2. The van der Waals surface area contributed by atoms with Crippen molar-refractivity contribution in [2.75, 3.05) is 0 Å². The molecule has 0 saturated carbocycles. The molecule has 8 rings (SSSR count). The summed E-state index contributed by atoms with van der Waals surface area (Å²) in [5.74, 6) is 0.0308. The van der Waals surface area contributed by atoms with Crippen LogP contribution in [0.4, 0.5) is 0 Å². The van der Waals surface area contributed by atoms with Gasteiger partial charge in [-0.25, -0.2) is 9.97 Å². The molecule has 55 heavy (non-hydrogen) atoms. The third-order valence-electron chi connectivity index (χ3n) is 8.58. The highest BCUT2D eigenvalue weighted by molar-refractivity contribution is 7.80. The summed E-state index contributed by atoms with van der Waals surface area (Å²) in [6.45, 7) is 7.31. The zero-order chi connectivity index (χ0) is 39.1. The van der Waals surface area contributed by atoms with E-state index < -0.39 is 0 Å². The number of benzene rings is 6. The molecule has 0 atom stereocenters. The molecule has 0 saturated heterocycles. The Morgan fingerprint density at radius 2 is 0.982 bits per heavy atom. The fourth-order valence-electron chi connectivity index (χ4n) is 5.87. The second-order valence-electron chi connectivity index (χ2n) is 12.7. The highest BCUT2D eigenvalue weighted by Gasteiger charge is 2.14. The molecule has 2 heterocycles. The number of hydrogen-bond donors (Lipinski definition) is 3. The van der Waals surface area contributed by atoms with Crippen molar-refractivity contribution >= 4 is 89.7 Å². The van der Waals surface area contributed by atoms with Crippen molar-refractivity contribution in [2.24, 2.45) is 27.4 Å². The van der Waals surface area contributed by atoms with Crippen molar-refractivity contribution in [3.63, 3.8) is 0 Å². The Balaban J connectivity index is 0.000000146. The van der Waals surface area contributed by atoms with Gasteiger partial charge in [-0.2, -0.15) is 5.10 Å².